The molecule has 0 aliphatic heterocycles. The van der Waals surface area contributed by atoms with Crippen molar-refractivity contribution in [1.29, 1.82) is 0 Å². The van der Waals surface area contributed by atoms with Crippen molar-refractivity contribution in [2.75, 3.05) is 5.32 Å². The molecule has 6 heteroatoms. The smallest absolute Gasteiger partial charge is 0.152 e. The number of aromatic hydroxyl groups is 1. The van der Waals surface area contributed by atoms with E-state index in [1.165, 1.54) is 18.2 Å². The van der Waals surface area contributed by atoms with Crippen molar-refractivity contribution in [1.82, 2.24) is 0 Å². The van der Waals surface area contributed by atoms with Crippen LogP contribution in [0.5, 0.6) is 5.75 Å². The fourth-order valence-corrected chi connectivity index (χ4v) is 2.65. The minimum Gasteiger partial charge on any atom is -0.505 e. The minimum atomic E-state index is -0.310. The Labute approximate surface area is 134 Å². The molecule has 0 radical (unpaired) electrons. The van der Waals surface area contributed by atoms with Gasteiger partial charge in [-0.2, -0.15) is 0 Å². The summed E-state index contributed by atoms with van der Waals surface area (Å²) in [6, 6.07) is 7.67. The number of anilines is 1. The summed E-state index contributed by atoms with van der Waals surface area (Å²) < 4.78 is 14.5. The van der Waals surface area contributed by atoms with Gasteiger partial charge < -0.3 is 10.4 Å². The Kier molecular flexibility index (Phi) is 4.78. The molecule has 2 N–H and O–H groups in total. The van der Waals surface area contributed by atoms with Crippen molar-refractivity contribution in [3.63, 3.8) is 0 Å². The molecule has 0 aliphatic rings. The van der Waals surface area contributed by atoms with E-state index < -0.39 is 0 Å². The van der Waals surface area contributed by atoms with Crippen LogP contribution in [0.1, 0.15) is 18.5 Å². The van der Waals surface area contributed by atoms with E-state index in [1.807, 2.05) is 6.92 Å². The van der Waals surface area contributed by atoms with Gasteiger partial charge in [-0.3, -0.25) is 0 Å². The highest BCUT2D eigenvalue weighted by Gasteiger charge is 2.13. The lowest BCUT2D eigenvalue weighted by Gasteiger charge is -2.17. The molecule has 0 spiro atoms. The van der Waals surface area contributed by atoms with E-state index in [9.17, 15) is 9.50 Å². The van der Waals surface area contributed by atoms with Crippen LogP contribution in [0.25, 0.3) is 0 Å². The van der Waals surface area contributed by atoms with Crippen LogP contribution < -0.4 is 5.32 Å². The Morgan fingerprint density at radius 3 is 2.35 bits per heavy atom. The number of phenols is 1. The molecule has 0 saturated heterocycles. The molecular weight excluding hydrogens is 368 g/mol. The second kappa shape index (κ2) is 6.20. The maximum atomic E-state index is 13.9. The van der Waals surface area contributed by atoms with Crippen LogP contribution in [0.4, 0.5) is 10.1 Å². The van der Waals surface area contributed by atoms with Crippen LogP contribution in [0, 0.1) is 5.82 Å². The molecule has 0 fully saturated rings. The number of phenolic OH excluding ortho intramolecular Hbond substituents is 1. The van der Waals surface area contributed by atoms with Gasteiger partial charge in [0.05, 0.1) is 16.1 Å². The van der Waals surface area contributed by atoms with Crippen molar-refractivity contribution in [2.45, 2.75) is 13.0 Å². The van der Waals surface area contributed by atoms with Crippen LogP contribution in [-0.2, 0) is 0 Å². The predicted octanol–water partition coefficient (Wildman–Crippen LogP) is 5.77. The first-order valence-electron chi connectivity index (χ1n) is 5.78. The molecule has 1 atom stereocenters. The summed E-state index contributed by atoms with van der Waals surface area (Å²) in [6.45, 7) is 1.82. The van der Waals surface area contributed by atoms with Crippen molar-refractivity contribution < 1.29 is 9.50 Å². The monoisotopic (exact) mass is 377 g/mol. The lowest BCUT2D eigenvalue weighted by Crippen LogP contribution is -2.08. The molecule has 2 rings (SSSR count). The first-order chi connectivity index (χ1) is 9.38. The maximum Gasteiger partial charge on any atom is 0.152 e. The third-order valence-corrected chi connectivity index (χ3v) is 3.90. The first kappa shape index (κ1) is 15.4. The van der Waals surface area contributed by atoms with Crippen molar-refractivity contribution >= 4 is 44.8 Å². The summed E-state index contributed by atoms with van der Waals surface area (Å²) >= 11 is 14.9. The van der Waals surface area contributed by atoms with Gasteiger partial charge in [-0.25, -0.2) is 4.39 Å². The van der Waals surface area contributed by atoms with Gasteiger partial charge >= 0.3 is 0 Å². The van der Waals surface area contributed by atoms with Gasteiger partial charge in [0.15, 0.2) is 5.75 Å². The largest absolute Gasteiger partial charge is 0.505 e. The lowest BCUT2D eigenvalue weighted by atomic mass is 10.1. The van der Waals surface area contributed by atoms with Crippen molar-refractivity contribution in [2.24, 2.45) is 0 Å². The van der Waals surface area contributed by atoms with Crippen LogP contribution in [0.2, 0.25) is 10.0 Å². The van der Waals surface area contributed by atoms with E-state index in [-0.39, 0.29) is 27.7 Å². The molecule has 2 aromatic carbocycles. The average molecular weight is 379 g/mol. The quantitative estimate of drug-likeness (QED) is 0.664. The third kappa shape index (κ3) is 3.37. The summed E-state index contributed by atoms with van der Waals surface area (Å²) in [7, 11) is 0. The molecule has 0 aromatic heterocycles. The third-order valence-electron chi connectivity index (χ3n) is 2.83. The molecule has 0 aliphatic carbocycles. The SMILES string of the molecule is CC(Nc1cc(Cl)c(O)c(Cl)c1)c1ccc(Br)cc1F. The van der Waals surface area contributed by atoms with Gasteiger partial charge in [0.1, 0.15) is 5.82 Å². The van der Waals surface area contributed by atoms with Gasteiger partial charge in [0.25, 0.3) is 0 Å². The molecule has 20 heavy (non-hydrogen) atoms. The number of nitrogens with one attached hydrogen (secondary N) is 1. The molecule has 2 aromatic rings. The maximum absolute atomic E-state index is 13.9. The van der Waals surface area contributed by atoms with Crippen molar-refractivity contribution in [3.05, 3.63) is 56.2 Å². The van der Waals surface area contributed by atoms with Gasteiger partial charge in [-0.1, -0.05) is 45.2 Å². The van der Waals surface area contributed by atoms with Crippen LogP contribution in [0.15, 0.2) is 34.8 Å². The number of hydrogen-bond acceptors (Lipinski definition) is 2. The summed E-state index contributed by atoms with van der Waals surface area (Å²) in [5.41, 5.74) is 1.13. The van der Waals surface area contributed by atoms with Gasteiger partial charge in [-0.05, 0) is 31.2 Å². The summed E-state index contributed by atoms with van der Waals surface area (Å²) in [6.07, 6.45) is 0. The molecule has 2 nitrogen and oxygen atoms in total. The standard InChI is InChI=1S/C14H11BrCl2FNO/c1-7(10-3-2-8(15)4-13(10)18)19-9-5-11(16)14(20)12(17)6-9/h2-7,19-20H,1H3. The molecule has 0 saturated carbocycles. The average Bonchev–Trinajstić information content (AvgIpc) is 2.35. The highest BCUT2D eigenvalue weighted by atomic mass is 79.9. The topological polar surface area (TPSA) is 32.3 Å². The highest BCUT2D eigenvalue weighted by molar-refractivity contribution is 9.10. The van der Waals surface area contributed by atoms with Gasteiger partial charge in [-0.15, -0.1) is 0 Å². The molecule has 0 bridgehead atoms. The number of rotatable bonds is 3. The van der Waals surface area contributed by atoms with E-state index >= 15 is 0 Å². The van der Waals surface area contributed by atoms with Crippen LogP contribution >= 0.6 is 39.1 Å². The molecule has 106 valence electrons. The van der Waals surface area contributed by atoms with Crippen molar-refractivity contribution in [3.8, 4) is 5.75 Å². The Bertz CT molecular complexity index is 628. The Hall–Kier alpha value is -0.970. The highest BCUT2D eigenvalue weighted by Crippen LogP contribution is 2.36. The van der Waals surface area contributed by atoms with E-state index in [0.717, 1.165) is 0 Å². The molecule has 0 amide bonds. The number of benzene rings is 2. The Morgan fingerprint density at radius 1 is 1.20 bits per heavy atom. The summed E-state index contributed by atoms with van der Waals surface area (Å²) in [5, 5.41) is 12.9. The van der Waals surface area contributed by atoms with E-state index in [4.69, 9.17) is 23.2 Å². The van der Waals surface area contributed by atoms with Crippen LogP contribution in [-0.4, -0.2) is 5.11 Å². The zero-order chi connectivity index (χ0) is 14.9. The lowest BCUT2D eigenvalue weighted by molar-refractivity contribution is 0.476. The Balaban J connectivity index is 2.25. The second-order valence-electron chi connectivity index (χ2n) is 4.32. The molecule has 1 unspecified atom stereocenters. The van der Waals surface area contributed by atoms with Gasteiger partial charge in [0, 0.05) is 15.7 Å². The molecule has 0 heterocycles. The summed E-state index contributed by atoms with van der Waals surface area (Å²) in [4.78, 5) is 0. The zero-order valence-corrected chi connectivity index (χ0v) is 13.5. The first-order valence-corrected chi connectivity index (χ1v) is 7.33. The van der Waals surface area contributed by atoms with E-state index in [0.29, 0.717) is 15.7 Å². The second-order valence-corrected chi connectivity index (χ2v) is 6.05. The van der Waals surface area contributed by atoms with Gasteiger partial charge in [0.2, 0.25) is 0 Å². The fraction of sp³-hybridized carbons (Fsp3) is 0.143. The molecular formula is C14H11BrCl2FNO. The minimum absolute atomic E-state index is 0.142. The number of halogens is 4. The summed E-state index contributed by atoms with van der Waals surface area (Å²) in [5.74, 6) is -0.475. The van der Waals surface area contributed by atoms with Crippen LogP contribution in [0.3, 0.4) is 0 Å². The fourth-order valence-electron chi connectivity index (χ4n) is 1.83. The number of hydrogen-bond donors (Lipinski definition) is 2. The van der Waals surface area contributed by atoms with E-state index in [1.54, 1.807) is 12.1 Å². The normalized spacial score (nSPS) is 12.2. The zero-order valence-electron chi connectivity index (χ0n) is 10.4. The van der Waals surface area contributed by atoms with E-state index in [2.05, 4.69) is 21.2 Å². The Morgan fingerprint density at radius 2 is 1.80 bits per heavy atom. The predicted molar refractivity (Wildman–Crippen MR) is 84.3 cm³/mol.